The molecule has 0 rings (SSSR count). The number of hydrogen-bond acceptors (Lipinski definition) is 1. The molecule has 0 aliphatic heterocycles. The molecule has 0 radical (unpaired) electrons. The molecule has 0 fully saturated rings. The SMILES string of the molecule is C=C[SiH2]N(CC(C)C)CC(C)C. The van der Waals surface area contributed by atoms with E-state index >= 15 is 0 Å². The standard InChI is InChI=1S/C10H23NSi/c1-6-12-11(7-9(2)3)8-10(4)5/h6,9-10H,1,7-8,12H2,2-5H3. The highest BCUT2D eigenvalue weighted by atomic mass is 28.2. The maximum absolute atomic E-state index is 3.84. The van der Waals surface area contributed by atoms with E-state index in [9.17, 15) is 0 Å². The smallest absolute Gasteiger partial charge is 0.119 e. The lowest BCUT2D eigenvalue weighted by atomic mass is 10.2. The van der Waals surface area contributed by atoms with Crippen LogP contribution in [0, 0.1) is 11.8 Å². The van der Waals surface area contributed by atoms with E-state index in [0.29, 0.717) is 0 Å². The Morgan fingerprint density at radius 1 is 1.17 bits per heavy atom. The zero-order valence-electron chi connectivity index (χ0n) is 9.01. The van der Waals surface area contributed by atoms with Crippen molar-refractivity contribution in [1.82, 2.24) is 4.57 Å². The Balaban J connectivity index is 3.77. The topological polar surface area (TPSA) is 3.24 Å². The highest BCUT2D eigenvalue weighted by Crippen LogP contribution is 2.01. The normalized spacial score (nSPS) is 12.6. The Bertz CT molecular complexity index is 111. The third-order valence-electron chi connectivity index (χ3n) is 1.63. The van der Waals surface area contributed by atoms with Crippen molar-refractivity contribution >= 4 is 9.68 Å². The molecule has 0 atom stereocenters. The second kappa shape index (κ2) is 6.43. The molecule has 0 N–H and O–H groups in total. The molecule has 0 aliphatic rings. The lowest BCUT2D eigenvalue weighted by molar-refractivity contribution is 0.348. The first-order valence-electron chi connectivity index (χ1n) is 4.89. The van der Waals surface area contributed by atoms with Gasteiger partial charge >= 0.3 is 0 Å². The molecular formula is C10H23NSi. The van der Waals surface area contributed by atoms with E-state index in [0.717, 1.165) is 11.8 Å². The van der Waals surface area contributed by atoms with Crippen molar-refractivity contribution in [2.24, 2.45) is 11.8 Å². The summed E-state index contributed by atoms with van der Waals surface area (Å²) in [5.41, 5.74) is 2.13. The molecule has 0 saturated heterocycles. The van der Waals surface area contributed by atoms with Crippen molar-refractivity contribution in [3.05, 3.63) is 12.3 Å². The van der Waals surface area contributed by atoms with Crippen LogP contribution < -0.4 is 0 Å². The molecule has 1 nitrogen and oxygen atoms in total. The van der Waals surface area contributed by atoms with Gasteiger partial charge in [0.25, 0.3) is 0 Å². The number of hydrogen-bond donors (Lipinski definition) is 0. The van der Waals surface area contributed by atoms with Crippen LogP contribution in [-0.2, 0) is 0 Å². The van der Waals surface area contributed by atoms with E-state index < -0.39 is 0 Å². The molecule has 2 heteroatoms. The molecular weight excluding hydrogens is 162 g/mol. The Morgan fingerprint density at radius 3 is 1.83 bits per heavy atom. The molecule has 0 spiro atoms. The third-order valence-corrected chi connectivity index (χ3v) is 2.92. The highest BCUT2D eigenvalue weighted by Gasteiger charge is 2.06. The first kappa shape index (κ1) is 11.9. The van der Waals surface area contributed by atoms with Gasteiger partial charge < -0.3 is 4.57 Å². The second-order valence-corrected chi connectivity index (χ2v) is 6.13. The average Bonchev–Trinajstić information content (AvgIpc) is 1.84. The summed E-state index contributed by atoms with van der Waals surface area (Å²) in [6.45, 7) is 15.5. The van der Waals surface area contributed by atoms with Crippen LogP contribution in [0.3, 0.4) is 0 Å². The van der Waals surface area contributed by atoms with Gasteiger partial charge in [0.2, 0.25) is 0 Å². The van der Waals surface area contributed by atoms with E-state index in [-0.39, 0.29) is 9.68 Å². The lowest BCUT2D eigenvalue weighted by Crippen LogP contribution is -2.33. The van der Waals surface area contributed by atoms with Gasteiger partial charge in [-0.3, -0.25) is 0 Å². The fourth-order valence-corrected chi connectivity index (χ4v) is 3.14. The average molecular weight is 185 g/mol. The molecule has 12 heavy (non-hydrogen) atoms. The van der Waals surface area contributed by atoms with Crippen molar-refractivity contribution in [2.45, 2.75) is 27.7 Å². The van der Waals surface area contributed by atoms with E-state index in [4.69, 9.17) is 0 Å². The summed E-state index contributed by atoms with van der Waals surface area (Å²) in [6, 6.07) is 0. The van der Waals surface area contributed by atoms with Crippen LogP contribution in [0.15, 0.2) is 12.3 Å². The zero-order valence-corrected chi connectivity index (χ0v) is 10.4. The predicted molar refractivity (Wildman–Crippen MR) is 60.0 cm³/mol. The van der Waals surface area contributed by atoms with Crippen molar-refractivity contribution in [1.29, 1.82) is 0 Å². The maximum atomic E-state index is 3.84. The summed E-state index contributed by atoms with van der Waals surface area (Å²) in [7, 11) is -0.153. The van der Waals surface area contributed by atoms with Crippen LogP contribution in [-0.4, -0.2) is 27.3 Å². The van der Waals surface area contributed by atoms with E-state index in [1.54, 1.807) is 0 Å². The van der Waals surface area contributed by atoms with Crippen LogP contribution in [0.4, 0.5) is 0 Å². The summed E-state index contributed by atoms with van der Waals surface area (Å²) in [5.74, 6) is 1.58. The Morgan fingerprint density at radius 2 is 1.58 bits per heavy atom. The molecule has 0 bridgehead atoms. The van der Waals surface area contributed by atoms with Gasteiger partial charge in [-0.05, 0) is 24.9 Å². The molecule has 0 aromatic rings. The fourth-order valence-electron chi connectivity index (χ4n) is 1.44. The quantitative estimate of drug-likeness (QED) is 0.571. The van der Waals surface area contributed by atoms with Gasteiger partial charge in [-0.1, -0.05) is 33.4 Å². The maximum Gasteiger partial charge on any atom is 0.119 e. The van der Waals surface area contributed by atoms with Crippen LogP contribution >= 0.6 is 0 Å². The number of rotatable bonds is 6. The van der Waals surface area contributed by atoms with E-state index in [1.165, 1.54) is 13.1 Å². The van der Waals surface area contributed by atoms with E-state index in [1.807, 2.05) is 0 Å². The molecule has 0 saturated carbocycles. The first-order chi connectivity index (χ1) is 5.56. The molecule has 0 heterocycles. The van der Waals surface area contributed by atoms with Gasteiger partial charge in [0.15, 0.2) is 0 Å². The van der Waals surface area contributed by atoms with Crippen molar-refractivity contribution < 1.29 is 0 Å². The molecule has 0 aromatic carbocycles. The van der Waals surface area contributed by atoms with Crippen molar-refractivity contribution in [3.8, 4) is 0 Å². The van der Waals surface area contributed by atoms with E-state index in [2.05, 4.69) is 44.5 Å². The molecule has 0 aliphatic carbocycles. The molecule has 0 amide bonds. The van der Waals surface area contributed by atoms with Gasteiger partial charge in [0, 0.05) is 0 Å². The summed E-state index contributed by atoms with van der Waals surface area (Å²) in [4.78, 5) is 0. The molecule has 0 unspecified atom stereocenters. The summed E-state index contributed by atoms with van der Waals surface area (Å²) >= 11 is 0. The molecule has 0 aromatic heterocycles. The summed E-state index contributed by atoms with van der Waals surface area (Å²) in [6.07, 6.45) is 0. The van der Waals surface area contributed by atoms with Crippen LogP contribution in [0.2, 0.25) is 0 Å². The minimum Gasteiger partial charge on any atom is -0.325 e. The minimum atomic E-state index is -0.153. The Kier molecular flexibility index (Phi) is 6.39. The minimum absolute atomic E-state index is 0.153. The second-order valence-electron chi connectivity index (χ2n) is 4.29. The Labute approximate surface area is 79.7 Å². The third kappa shape index (κ3) is 6.62. The van der Waals surface area contributed by atoms with Gasteiger partial charge in [0.05, 0.1) is 0 Å². The van der Waals surface area contributed by atoms with Gasteiger partial charge in [-0.2, -0.15) is 0 Å². The van der Waals surface area contributed by atoms with Crippen molar-refractivity contribution in [3.63, 3.8) is 0 Å². The highest BCUT2D eigenvalue weighted by molar-refractivity contribution is 6.38. The molecule has 72 valence electrons. The summed E-state index contributed by atoms with van der Waals surface area (Å²) < 4.78 is 2.60. The van der Waals surface area contributed by atoms with Crippen LogP contribution in [0.25, 0.3) is 0 Å². The van der Waals surface area contributed by atoms with Gasteiger partial charge in [-0.15, -0.1) is 6.58 Å². The fraction of sp³-hybridized carbons (Fsp3) is 0.800. The monoisotopic (exact) mass is 185 g/mol. The van der Waals surface area contributed by atoms with Crippen molar-refractivity contribution in [2.75, 3.05) is 13.1 Å². The predicted octanol–water partition coefficient (Wildman–Crippen LogP) is 1.83. The Hall–Kier alpha value is -0.0831. The lowest BCUT2D eigenvalue weighted by Gasteiger charge is -2.24. The summed E-state index contributed by atoms with van der Waals surface area (Å²) in [5, 5.41) is 0. The largest absolute Gasteiger partial charge is 0.325 e. The van der Waals surface area contributed by atoms with Gasteiger partial charge in [0.1, 0.15) is 9.68 Å². The zero-order chi connectivity index (χ0) is 9.56. The first-order valence-corrected chi connectivity index (χ1v) is 6.34. The van der Waals surface area contributed by atoms with Gasteiger partial charge in [-0.25, -0.2) is 0 Å². The number of nitrogens with zero attached hydrogens (tertiary/aromatic N) is 1. The van der Waals surface area contributed by atoms with Crippen LogP contribution in [0.5, 0.6) is 0 Å². The van der Waals surface area contributed by atoms with Crippen LogP contribution in [0.1, 0.15) is 27.7 Å².